The zero-order valence-electron chi connectivity index (χ0n) is 16.9. The van der Waals surface area contributed by atoms with Gasteiger partial charge in [0.05, 0.1) is 18.7 Å². The quantitative estimate of drug-likeness (QED) is 0.485. The van der Waals surface area contributed by atoms with Crippen molar-refractivity contribution in [3.63, 3.8) is 0 Å². The van der Waals surface area contributed by atoms with Crippen LogP contribution in [0.1, 0.15) is 36.6 Å². The second-order valence-electron chi connectivity index (χ2n) is 7.47. The second kappa shape index (κ2) is 8.03. The summed E-state index contributed by atoms with van der Waals surface area (Å²) < 4.78 is 7.57. The van der Waals surface area contributed by atoms with E-state index >= 15 is 0 Å². The van der Waals surface area contributed by atoms with E-state index in [0.717, 1.165) is 18.1 Å². The number of anilines is 1. The van der Waals surface area contributed by atoms with Gasteiger partial charge in [0.1, 0.15) is 12.1 Å². The van der Waals surface area contributed by atoms with Crippen LogP contribution in [0.4, 0.5) is 5.95 Å². The van der Waals surface area contributed by atoms with Crippen LogP contribution in [0.25, 0.3) is 11.1 Å². The molecule has 0 saturated heterocycles. The summed E-state index contributed by atoms with van der Waals surface area (Å²) in [6, 6.07) is 27.9. The van der Waals surface area contributed by atoms with Crippen LogP contribution in [-0.2, 0) is 0 Å². The first-order valence-electron chi connectivity index (χ1n) is 10.4. The Morgan fingerprint density at radius 2 is 1.60 bits per heavy atom. The van der Waals surface area contributed by atoms with Gasteiger partial charge in [0.25, 0.3) is 0 Å². The SMILES string of the molecule is CCOc1ccc([C@H]2C[C@@H](c3ccc(-c4ccccc4)cc3)n3ncnc3N2)cc1. The highest BCUT2D eigenvalue weighted by molar-refractivity contribution is 5.63. The summed E-state index contributed by atoms with van der Waals surface area (Å²) in [6.45, 7) is 2.67. The molecule has 0 unspecified atom stereocenters. The number of aromatic nitrogens is 3. The molecule has 1 aliphatic heterocycles. The van der Waals surface area contributed by atoms with Gasteiger partial charge in [-0.2, -0.15) is 10.1 Å². The lowest BCUT2D eigenvalue weighted by atomic mass is 9.92. The number of hydrogen-bond donors (Lipinski definition) is 1. The molecular formula is C25H24N4O. The van der Waals surface area contributed by atoms with Crippen LogP contribution >= 0.6 is 0 Å². The topological polar surface area (TPSA) is 52.0 Å². The van der Waals surface area contributed by atoms with Gasteiger partial charge in [0, 0.05) is 0 Å². The van der Waals surface area contributed by atoms with Gasteiger partial charge >= 0.3 is 0 Å². The van der Waals surface area contributed by atoms with Crippen LogP contribution in [-0.4, -0.2) is 21.4 Å². The van der Waals surface area contributed by atoms with Crippen LogP contribution in [0.5, 0.6) is 5.75 Å². The Morgan fingerprint density at radius 3 is 2.33 bits per heavy atom. The van der Waals surface area contributed by atoms with Crippen LogP contribution in [0.3, 0.4) is 0 Å². The number of rotatable bonds is 5. The highest BCUT2D eigenvalue weighted by Crippen LogP contribution is 2.38. The zero-order valence-corrected chi connectivity index (χ0v) is 16.9. The minimum absolute atomic E-state index is 0.130. The summed E-state index contributed by atoms with van der Waals surface area (Å²) in [5, 5.41) is 8.02. The van der Waals surface area contributed by atoms with E-state index in [2.05, 4.69) is 76.1 Å². The lowest BCUT2D eigenvalue weighted by Crippen LogP contribution is -2.28. The van der Waals surface area contributed by atoms with Crippen LogP contribution < -0.4 is 10.1 Å². The maximum atomic E-state index is 5.58. The van der Waals surface area contributed by atoms with Crippen molar-refractivity contribution in [2.45, 2.75) is 25.4 Å². The number of nitrogens with one attached hydrogen (secondary N) is 1. The average molecular weight is 396 g/mol. The molecule has 0 spiro atoms. The number of ether oxygens (including phenoxy) is 1. The summed E-state index contributed by atoms with van der Waals surface area (Å²) in [5.41, 5.74) is 4.90. The van der Waals surface area contributed by atoms with Gasteiger partial charge in [0.2, 0.25) is 5.95 Å². The van der Waals surface area contributed by atoms with E-state index in [9.17, 15) is 0 Å². The Kier molecular flexibility index (Phi) is 4.93. The van der Waals surface area contributed by atoms with E-state index in [0.29, 0.717) is 6.61 Å². The molecule has 1 aliphatic rings. The minimum Gasteiger partial charge on any atom is -0.494 e. The van der Waals surface area contributed by atoms with Gasteiger partial charge in [-0.1, -0.05) is 66.7 Å². The van der Waals surface area contributed by atoms with Gasteiger partial charge in [0.15, 0.2) is 0 Å². The maximum Gasteiger partial charge on any atom is 0.222 e. The van der Waals surface area contributed by atoms with Gasteiger partial charge in [-0.15, -0.1) is 0 Å². The van der Waals surface area contributed by atoms with Crippen LogP contribution in [0, 0.1) is 0 Å². The normalized spacial score (nSPS) is 17.8. The highest BCUT2D eigenvalue weighted by atomic mass is 16.5. The molecule has 3 aromatic carbocycles. The molecule has 5 nitrogen and oxygen atoms in total. The molecule has 0 fully saturated rings. The van der Waals surface area contributed by atoms with Crippen molar-refractivity contribution in [2.75, 3.05) is 11.9 Å². The van der Waals surface area contributed by atoms with Crippen molar-refractivity contribution in [2.24, 2.45) is 0 Å². The summed E-state index contributed by atoms with van der Waals surface area (Å²) >= 11 is 0. The number of fused-ring (bicyclic) bond motifs is 1. The van der Waals surface area contributed by atoms with E-state index in [1.807, 2.05) is 29.8 Å². The first-order valence-corrected chi connectivity index (χ1v) is 10.4. The summed E-state index contributed by atoms with van der Waals surface area (Å²) in [6.07, 6.45) is 2.52. The molecule has 0 amide bonds. The minimum atomic E-state index is 0.130. The van der Waals surface area contributed by atoms with Crippen molar-refractivity contribution in [1.29, 1.82) is 0 Å². The molecule has 2 heterocycles. The number of nitrogens with zero attached hydrogens (tertiary/aromatic N) is 3. The number of benzene rings is 3. The first-order chi connectivity index (χ1) is 14.8. The molecule has 0 radical (unpaired) electrons. The fraction of sp³-hybridized carbons (Fsp3) is 0.200. The molecule has 30 heavy (non-hydrogen) atoms. The fourth-order valence-electron chi connectivity index (χ4n) is 4.11. The molecule has 2 atom stereocenters. The standard InChI is InChI=1S/C25H24N4O/c1-2-30-22-14-12-20(13-15-22)23-16-24(29-25(28-23)26-17-27-29)21-10-8-19(9-11-21)18-6-4-3-5-7-18/h3-15,17,23-24H,2,16H2,1H3,(H,26,27,28)/t23-,24+/m1/s1. The smallest absolute Gasteiger partial charge is 0.222 e. The van der Waals surface area contributed by atoms with Crippen LogP contribution in [0.15, 0.2) is 85.2 Å². The predicted octanol–water partition coefficient (Wildman–Crippen LogP) is 5.49. The lowest BCUT2D eigenvalue weighted by Gasteiger charge is -2.32. The van der Waals surface area contributed by atoms with Crippen molar-refractivity contribution in [3.05, 3.63) is 96.3 Å². The zero-order chi connectivity index (χ0) is 20.3. The summed E-state index contributed by atoms with van der Waals surface area (Å²) in [7, 11) is 0. The van der Waals surface area contributed by atoms with Crippen LogP contribution in [0.2, 0.25) is 0 Å². The molecule has 0 saturated carbocycles. The van der Waals surface area contributed by atoms with Crippen molar-refractivity contribution < 1.29 is 4.74 Å². The Labute approximate surface area is 176 Å². The molecule has 5 rings (SSSR count). The van der Waals surface area contributed by atoms with E-state index in [4.69, 9.17) is 4.74 Å². The molecular weight excluding hydrogens is 372 g/mol. The average Bonchev–Trinajstić information content (AvgIpc) is 3.29. The third kappa shape index (κ3) is 3.54. The largest absolute Gasteiger partial charge is 0.494 e. The maximum absolute atomic E-state index is 5.58. The summed E-state index contributed by atoms with van der Waals surface area (Å²) in [5.74, 6) is 1.70. The van der Waals surface area contributed by atoms with Gasteiger partial charge in [-0.3, -0.25) is 0 Å². The fourth-order valence-corrected chi connectivity index (χ4v) is 4.11. The highest BCUT2D eigenvalue weighted by Gasteiger charge is 2.29. The van der Waals surface area contributed by atoms with E-state index in [-0.39, 0.29) is 12.1 Å². The Bertz CT molecular complexity index is 1100. The molecule has 150 valence electrons. The van der Waals surface area contributed by atoms with Gasteiger partial charge in [-0.05, 0) is 47.7 Å². The third-order valence-electron chi connectivity index (χ3n) is 5.63. The molecule has 0 aliphatic carbocycles. The lowest BCUT2D eigenvalue weighted by molar-refractivity contribution is 0.340. The Balaban J connectivity index is 1.43. The van der Waals surface area contributed by atoms with Gasteiger partial charge in [-0.25, -0.2) is 4.68 Å². The van der Waals surface area contributed by atoms with Crippen molar-refractivity contribution in [3.8, 4) is 16.9 Å². The first kappa shape index (κ1) is 18.4. The van der Waals surface area contributed by atoms with Gasteiger partial charge < -0.3 is 10.1 Å². The predicted molar refractivity (Wildman–Crippen MR) is 119 cm³/mol. The Hall–Kier alpha value is -3.60. The third-order valence-corrected chi connectivity index (χ3v) is 5.63. The second-order valence-corrected chi connectivity index (χ2v) is 7.47. The molecule has 5 heteroatoms. The summed E-state index contributed by atoms with van der Waals surface area (Å²) in [4.78, 5) is 4.44. The van der Waals surface area contributed by atoms with E-state index in [1.54, 1.807) is 6.33 Å². The molecule has 1 aromatic heterocycles. The molecule has 4 aromatic rings. The van der Waals surface area contributed by atoms with Crippen molar-refractivity contribution in [1.82, 2.24) is 14.8 Å². The van der Waals surface area contributed by atoms with E-state index in [1.165, 1.54) is 22.3 Å². The number of hydrogen-bond acceptors (Lipinski definition) is 4. The van der Waals surface area contributed by atoms with Crippen molar-refractivity contribution >= 4 is 5.95 Å². The molecule has 1 N–H and O–H groups in total. The monoisotopic (exact) mass is 396 g/mol. The van der Waals surface area contributed by atoms with E-state index < -0.39 is 0 Å². The Morgan fingerprint density at radius 1 is 0.900 bits per heavy atom. The molecule has 0 bridgehead atoms.